The van der Waals surface area contributed by atoms with Crippen molar-refractivity contribution in [1.29, 1.82) is 0 Å². The second kappa shape index (κ2) is 3.52. The van der Waals surface area contributed by atoms with Gasteiger partial charge in [-0.1, -0.05) is 0 Å². The molecule has 70 valence electrons. The topological polar surface area (TPSA) is 138 Å². The normalized spacial score (nSPS) is 11.3. The summed E-state index contributed by atoms with van der Waals surface area (Å²) in [5.74, 6) is -0.0188. The van der Waals surface area contributed by atoms with E-state index in [0.29, 0.717) is 0 Å². The molecular formula is C5H9N7O. The van der Waals surface area contributed by atoms with Gasteiger partial charge in [0.1, 0.15) is 0 Å². The van der Waals surface area contributed by atoms with Crippen molar-refractivity contribution in [2.24, 2.45) is 10.7 Å². The first-order valence-electron chi connectivity index (χ1n) is 3.27. The average molecular weight is 183 g/mol. The molecule has 0 aliphatic heterocycles. The van der Waals surface area contributed by atoms with Crippen LogP contribution in [0, 0.1) is 0 Å². The van der Waals surface area contributed by atoms with Crippen molar-refractivity contribution in [2.75, 3.05) is 18.6 Å². The second-order valence-electron chi connectivity index (χ2n) is 2.01. The zero-order valence-corrected chi connectivity index (χ0v) is 6.93. The van der Waals surface area contributed by atoms with E-state index >= 15 is 0 Å². The van der Waals surface area contributed by atoms with Gasteiger partial charge in [0, 0.05) is 0 Å². The van der Waals surface area contributed by atoms with Crippen molar-refractivity contribution in [3.63, 3.8) is 0 Å². The lowest BCUT2D eigenvalue weighted by molar-refractivity contribution is 0.396. The van der Waals surface area contributed by atoms with Crippen LogP contribution in [-0.4, -0.2) is 28.1 Å². The number of ether oxygens (including phenoxy) is 1. The minimum Gasteiger partial charge on any atom is -0.468 e. The van der Waals surface area contributed by atoms with E-state index in [2.05, 4.69) is 24.7 Å². The van der Waals surface area contributed by atoms with E-state index in [1.54, 1.807) is 0 Å². The predicted octanol–water partition coefficient (Wildman–Crippen LogP) is -1.37. The highest BCUT2D eigenvalue weighted by atomic mass is 16.5. The van der Waals surface area contributed by atoms with Crippen LogP contribution in [0.2, 0.25) is 0 Å². The Morgan fingerprint density at radius 3 is 2.23 bits per heavy atom. The Morgan fingerprint density at radius 1 is 1.23 bits per heavy atom. The van der Waals surface area contributed by atoms with Gasteiger partial charge in [-0.25, -0.2) is 0 Å². The van der Waals surface area contributed by atoms with Gasteiger partial charge in [0.2, 0.25) is 11.9 Å². The molecule has 0 fully saturated rings. The van der Waals surface area contributed by atoms with Crippen LogP contribution in [0.15, 0.2) is 4.99 Å². The fourth-order valence-electron chi connectivity index (χ4n) is 0.591. The second-order valence-corrected chi connectivity index (χ2v) is 2.01. The van der Waals surface area contributed by atoms with Crippen molar-refractivity contribution in [3.05, 3.63) is 0 Å². The van der Waals surface area contributed by atoms with Crippen molar-refractivity contribution in [1.82, 2.24) is 15.0 Å². The van der Waals surface area contributed by atoms with Gasteiger partial charge < -0.3 is 21.9 Å². The van der Waals surface area contributed by atoms with E-state index in [1.165, 1.54) is 7.11 Å². The lowest BCUT2D eigenvalue weighted by Crippen LogP contribution is -2.13. The molecule has 0 bridgehead atoms. The number of rotatable bonds is 1. The molecule has 1 aromatic rings. The van der Waals surface area contributed by atoms with Crippen LogP contribution >= 0.6 is 0 Å². The molecule has 0 radical (unpaired) electrons. The summed E-state index contributed by atoms with van der Waals surface area (Å²) in [6, 6.07) is -0.0787. The Kier molecular flexibility index (Phi) is 2.43. The molecule has 1 heterocycles. The summed E-state index contributed by atoms with van der Waals surface area (Å²) in [5.41, 5.74) is 15.8. The van der Waals surface area contributed by atoms with Gasteiger partial charge in [-0.05, 0) is 0 Å². The maximum absolute atomic E-state index is 5.28. The first-order chi connectivity index (χ1) is 6.11. The van der Waals surface area contributed by atoms with Crippen LogP contribution in [0.4, 0.5) is 17.8 Å². The minimum atomic E-state index is -0.0787. The summed E-state index contributed by atoms with van der Waals surface area (Å²) in [4.78, 5) is 14.5. The third-order valence-corrected chi connectivity index (χ3v) is 1.08. The summed E-state index contributed by atoms with van der Waals surface area (Å²) < 4.78 is 4.58. The van der Waals surface area contributed by atoms with Gasteiger partial charge in [-0.2, -0.15) is 19.9 Å². The molecule has 0 atom stereocenters. The van der Waals surface area contributed by atoms with E-state index in [0.717, 1.165) is 0 Å². The Balaban J connectivity index is 3.02. The number of amidine groups is 1. The highest BCUT2D eigenvalue weighted by molar-refractivity contribution is 5.73. The van der Waals surface area contributed by atoms with Gasteiger partial charge in [0.25, 0.3) is 12.0 Å². The summed E-state index contributed by atoms with van der Waals surface area (Å²) in [6.07, 6.45) is 0. The molecule has 0 aliphatic carbocycles. The molecule has 1 aromatic heterocycles. The highest BCUT2D eigenvalue weighted by Crippen LogP contribution is 2.06. The lowest BCUT2D eigenvalue weighted by Gasteiger charge is -1.98. The number of nitrogens with zero attached hydrogens (tertiary/aromatic N) is 4. The van der Waals surface area contributed by atoms with Gasteiger partial charge in [-0.3, -0.25) is 0 Å². The zero-order valence-electron chi connectivity index (χ0n) is 6.93. The number of nitrogens with two attached hydrogens (primary N) is 3. The summed E-state index contributed by atoms with van der Waals surface area (Å²) in [5, 5.41) is 0. The van der Waals surface area contributed by atoms with Crippen molar-refractivity contribution >= 4 is 23.9 Å². The summed E-state index contributed by atoms with van der Waals surface area (Å²) >= 11 is 0. The summed E-state index contributed by atoms with van der Waals surface area (Å²) in [7, 11) is 1.37. The number of aliphatic imine (C=N–C) groups is 1. The molecule has 0 saturated carbocycles. The standard InChI is InChI=1S/C5H9N7O/c1-13-4(8)12-5-10-2(6)9-3(7)11-5/h1H3,(H6,6,7,8,9,10,11,12). The fourth-order valence-corrected chi connectivity index (χ4v) is 0.591. The number of nitrogen functional groups attached to an aromatic ring is 2. The van der Waals surface area contributed by atoms with Crippen molar-refractivity contribution in [2.45, 2.75) is 0 Å². The molecule has 0 unspecified atom stereocenters. The maximum atomic E-state index is 5.28. The molecule has 8 heteroatoms. The van der Waals surface area contributed by atoms with Crippen LogP contribution in [0.1, 0.15) is 0 Å². The van der Waals surface area contributed by atoms with E-state index in [-0.39, 0.29) is 23.9 Å². The van der Waals surface area contributed by atoms with Crippen LogP contribution in [-0.2, 0) is 4.74 Å². The lowest BCUT2D eigenvalue weighted by atomic mass is 10.8. The van der Waals surface area contributed by atoms with Gasteiger partial charge in [0.15, 0.2) is 0 Å². The molecule has 8 nitrogen and oxygen atoms in total. The first kappa shape index (κ1) is 8.97. The predicted molar refractivity (Wildman–Crippen MR) is 46.9 cm³/mol. The molecule has 0 aliphatic rings. The number of hydrogen-bond acceptors (Lipinski definition) is 7. The van der Waals surface area contributed by atoms with Crippen molar-refractivity contribution in [3.8, 4) is 0 Å². The first-order valence-corrected chi connectivity index (χ1v) is 3.27. The van der Waals surface area contributed by atoms with E-state index in [1.807, 2.05) is 0 Å². The monoisotopic (exact) mass is 183 g/mol. The molecule has 0 aromatic carbocycles. The Bertz CT molecular complexity index is 315. The minimum absolute atomic E-state index is 0.0179. The maximum Gasteiger partial charge on any atom is 0.289 e. The van der Waals surface area contributed by atoms with Gasteiger partial charge in [-0.15, -0.1) is 0 Å². The van der Waals surface area contributed by atoms with Crippen LogP contribution in [0.3, 0.4) is 0 Å². The largest absolute Gasteiger partial charge is 0.468 e. The molecule has 0 amide bonds. The molecule has 0 spiro atoms. The van der Waals surface area contributed by atoms with Gasteiger partial charge in [0.05, 0.1) is 7.11 Å². The smallest absolute Gasteiger partial charge is 0.289 e. The van der Waals surface area contributed by atoms with Gasteiger partial charge >= 0.3 is 0 Å². The molecule has 0 saturated heterocycles. The highest BCUT2D eigenvalue weighted by Gasteiger charge is 2.00. The van der Waals surface area contributed by atoms with Crippen LogP contribution < -0.4 is 17.2 Å². The third kappa shape index (κ3) is 2.43. The molecule has 6 N–H and O–H groups in total. The van der Waals surface area contributed by atoms with E-state index < -0.39 is 0 Å². The SMILES string of the molecule is COC(N)=Nc1nc(N)nc(N)n1. The van der Waals surface area contributed by atoms with Crippen LogP contribution in [0.25, 0.3) is 0 Å². The Morgan fingerprint density at radius 2 is 1.77 bits per heavy atom. The molecule has 13 heavy (non-hydrogen) atoms. The Labute approximate surface area is 73.8 Å². The number of methoxy groups -OCH3 is 1. The molecular weight excluding hydrogens is 174 g/mol. The summed E-state index contributed by atoms with van der Waals surface area (Å²) in [6.45, 7) is 0. The van der Waals surface area contributed by atoms with Crippen LogP contribution in [0.5, 0.6) is 0 Å². The molecule has 1 rings (SSSR count). The Hall–Kier alpha value is -2.12. The van der Waals surface area contributed by atoms with Crippen molar-refractivity contribution < 1.29 is 4.74 Å². The zero-order chi connectivity index (χ0) is 9.84. The number of aromatic nitrogens is 3. The number of anilines is 2. The average Bonchev–Trinajstić information content (AvgIpc) is 2.02. The quantitative estimate of drug-likeness (QED) is 0.360. The van der Waals surface area contributed by atoms with E-state index in [9.17, 15) is 0 Å². The number of hydrogen-bond donors (Lipinski definition) is 3. The van der Waals surface area contributed by atoms with E-state index in [4.69, 9.17) is 17.2 Å². The fraction of sp³-hybridized carbons (Fsp3) is 0.200. The third-order valence-electron chi connectivity index (χ3n) is 1.08.